The highest BCUT2D eigenvalue weighted by atomic mass is 19.4. The molecule has 5 nitrogen and oxygen atoms in total. The van der Waals surface area contributed by atoms with Gasteiger partial charge in [0, 0.05) is 42.1 Å². The number of rotatable bonds is 3. The van der Waals surface area contributed by atoms with E-state index in [-0.39, 0.29) is 17.9 Å². The van der Waals surface area contributed by atoms with Crippen molar-refractivity contribution >= 4 is 22.6 Å². The van der Waals surface area contributed by atoms with Gasteiger partial charge in [0.2, 0.25) is 0 Å². The number of anilines is 1. The molecule has 1 saturated heterocycles. The van der Waals surface area contributed by atoms with Gasteiger partial charge < -0.3 is 15.2 Å². The van der Waals surface area contributed by atoms with Crippen LogP contribution in [0, 0.1) is 11.8 Å². The number of hydrogen-bond donors (Lipinski definition) is 2. The number of nitrogens with zero attached hydrogens (tertiary/aromatic N) is 2. The molecule has 2 N–H and O–H groups in total. The Bertz CT molecular complexity index is 1040. The molecule has 1 aromatic carbocycles. The number of benzene rings is 1. The van der Waals surface area contributed by atoms with Gasteiger partial charge in [-0.3, -0.25) is 4.79 Å². The summed E-state index contributed by atoms with van der Waals surface area (Å²) in [4.78, 5) is 22.0. The number of aromatic amines is 1. The number of alkyl halides is 3. The van der Waals surface area contributed by atoms with Crippen molar-refractivity contribution in [2.75, 3.05) is 18.0 Å². The molecule has 1 aliphatic heterocycles. The lowest BCUT2D eigenvalue weighted by atomic mass is 9.98. The largest absolute Gasteiger partial charge is 0.417 e. The molecule has 8 heteroatoms. The second-order valence-corrected chi connectivity index (χ2v) is 8.16. The molecule has 1 aliphatic carbocycles. The van der Waals surface area contributed by atoms with Crippen LogP contribution in [-0.4, -0.2) is 35.0 Å². The van der Waals surface area contributed by atoms with Gasteiger partial charge in [0.15, 0.2) is 0 Å². The SMILES string of the molecule is O=C(N[C@H]1CC[C@@H]2CN(c3ccc(C(F)(F)F)cn3)C[C@@H]21)c1cc2ccccc2[nH]1. The molecule has 2 fully saturated rings. The van der Waals surface area contributed by atoms with Gasteiger partial charge in [0.05, 0.1) is 5.56 Å². The first-order valence-electron chi connectivity index (χ1n) is 10.1. The number of aromatic nitrogens is 2. The minimum Gasteiger partial charge on any atom is -0.356 e. The molecule has 2 aromatic heterocycles. The number of amides is 1. The van der Waals surface area contributed by atoms with E-state index in [0.717, 1.165) is 42.6 Å². The molecule has 2 aliphatic rings. The molecule has 0 bridgehead atoms. The lowest BCUT2D eigenvalue weighted by Gasteiger charge is -2.22. The predicted molar refractivity (Wildman–Crippen MR) is 107 cm³/mol. The molecule has 3 atom stereocenters. The zero-order chi connectivity index (χ0) is 20.9. The zero-order valence-electron chi connectivity index (χ0n) is 16.1. The van der Waals surface area contributed by atoms with Crippen molar-refractivity contribution in [2.45, 2.75) is 25.1 Å². The van der Waals surface area contributed by atoms with Gasteiger partial charge >= 0.3 is 6.18 Å². The molecule has 0 radical (unpaired) electrons. The van der Waals surface area contributed by atoms with E-state index >= 15 is 0 Å². The third-order valence-electron chi connectivity index (χ3n) is 6.35. The Kier molecular flexibility index (Phi) is 4.45. The third-order valence-corrected chi connectivity index (χ3v) is 6.35. The molecule has 30 heavy (non-hydrogen) atoms. The fraction of sp³-hybridized carbons (Fsp3) is 0.364. The molecule has 1 saturated carbocycles. The zero-order valence-corrected chi connectivity index (χ0v) is 16.1. The van der Waals surface area contributed by atoms with Crippen LogP contribution in [0.3, 0.4) is 0 Å². The van der Waals surface area contributed by atoms with Crippen molar-refractivity contribution in [1.82, 2.24) is 15.3 Å². The Hall–Kier alpha value is -3.03. The maximum Gasteiger partial charge on any atom is 0.417 e. The number of hydrogen-bond acceptors (Lipinski definition) is 3. The fourth-order valence-electron chi connectivity index (χ4n) is 4.81. The van der Waals surface area contributed by atoms with Crippen molar-refractivity contribution < 1.29 is 18.0 Å². The van der Waals surface area contributed by atoms with E-state index in [1.54, 1.807) is 0 Å². The molecule has 5 rings (SSSR count). The number of H-pyrrole nitrogens is 1. The van der Waals surface area contributed by atoms with Gasteiger partial charge in [0.1, 0.15) is 11.5 Å². The molecule has 3 aromatic rings. The first-order valence-corrected chi connectivity index (χ1v) is 10.1. The summed E-state index contributed by atoms with van der Waals surface area (Å²) in [7, 11) is 0. The monoisotopic (exact) mass is 414 g/mol. The molecule has 0 spiro atoms. The topological polar surface area (TPSA) is 61.0 Å². The molecule has 1 amide bonds. The Balaban J connectivity index is 1.26. The lowest BCUT2D eigenvalue weighted by Crippen LogP contribution is -2.39. The normalized spacial score (nSPS) is 23.7. The predicted octanol–water partition coefficient (Wildman–Crippen LogP) is 4.23. The van der Waals surface area contributed by atoms with Gasteiger partial charge in [-0.2, -0.15) is 13.2 Å². The first-order chi connectivity index (χ1) is 14.4. The minimum atomic E-state index is -4.38. The summed E-state index contributed by atoms with van der Waals surface area (Å²) >= 11 is 0. The average Bonchev–Trinajstić information content (AvgIpc) is 3.42. The van der Waals surface area contributed by atoms with Gasteiger partial charge in [0.25, 0.3) is 5.91 Å². The van der Waals surface area contributed by atoms with E-state index < -0.39 is 11.7 Å². The Morgan fingerprint density at radius 3 is 2.70 bits per heavy atom. The minimum absolute atomic E-state index is 0.0494. The number of nitrogens with one attached hydrogen (secondary N) is 2. The molecular weight excluding hydrogens is 393 g/mol. The van der Waals surface area contributed by atoms with Crippen LogP contribution >= 0.6 is 0 Å². The van der Waals surface area contributed by atoms with Gasteiger partial charge in [-0.15, -0.1) is 0 Å². The Morgan fingerprint density at radius 2 is 1.97 bits per heavy atom. The second-order valence-electron chi connectivity index (χ2n) is 8.16. The number of halogens is 3. The van der Waals surface area contributed by atoms with Crippen LogP contribution in [0.5, 0.6) is 0 Å². The average molecular weight is 414 g/mol. The highest BCUT2D eigenvalue weighted by Crippen LogP contribution is 2.40. The van der Waals surface area contributed by atoms with E-state index in [9.17, 15) is 18.0 Å². The quantitative estimate of drug-likeness (QED) is 0.675. The number of pyridine rings is 1. The molecule has 3 heterocycles. The Labute approximate surface area is 171 Å². The van der Waals surface area contributed by atoms with Crippen LogP contribution < -0.4 is 10.2 Å². The smallest absolute Gasteiger partial charge is 0.356 e. The molecule has 0 unspecified atom stereocenters. The van der Waals surface area contributed by atoms with E-state index in [0.29, 0.717) is 24.0 Å². The summed E-state index contributed by atoms with van der Waals surface area (Å²) in [5.74, 6) is 1.10. The van der Waals surface area contributed by atoms with Gasteiger partial charge in [-0.1, -0.05) is 18.2 Å². The van der Waals surface area contributed by atoms with Crippen molar-refractivity contribution in [3.63, 3.8) is 0 Å². The third kappa shape index (κ3) is 3.40. The van der Waals surface area contributed by atoms with E-state index in [1.165, 1.54) is 6.07 Å². The maximum atomic E-state index is 12.8. The Morgan fingerprint density at radius 1 is 1.13 bits per heavy atom. The van der Waals surface area contributed by atoms with Crippen molar-refractivity contribution in [3.05, 3.63) is 59.9 Å². The summed E-state index contributed by atoms with van der Waals surface area (Å²) in [5.41, 5.74) is 0.723. The van der Waals surface area contributed by atoms with Crippen molar-refractivity contribution in [3.8, 4) is 0 Å². The summed E-state index contributed by atoms with van der Waals surface area (Å²) in [6.45, 7) is 1.43. The van der Waals surface area contributed by atoms with Crippen molar-refractivity contribution in [1.29, 1.82) is 0 Å². The van der Waals surface area contributed by atoms with Crippen LogP contribution in [-0.2, 0) is 6.18 Å². The summed E-state index contributed by atoms with van der Waals surface area (Å²) in [6.07, 6.45) is -1.60. The van der Waals surface area contributed by atoms with Crippen LogP contribution in [0.2, 0.25) is 0 Å². The van der Waals surface area contributed by atoms with Gasteiger partial charge in [-0.25, -0.2) is 4.98 Å². The summed E-state index contributed by atoms with van der Waals surface area (Å²) < 4.78 is 38.3. The number of para-hydroxylation sites is 1. The molecule has 156 valence electrons. The van der Waals surface area contributed by atoms with Crippen LogP contribution in [0.4, 0.5) is 19.0 Å². The molecular formula is C22H21F3N4O. The highest BCUT2D eigenvalue weighted by molar-refractivity contribution is 5.98. The fourth-order valence-corrected chi connectivity index (χ4v) is 4.81. The summed E-state index contributed by atoms with van der Waals surface area (Å²) in [5, 5.41) is 4.16. The number of fused-ring (bicyclic) bond motifs is 2. The van der Waals surface area contributed by atoms with E-state index in [2.05, 4.69) is 15.3 Å². The van der Waals surface area contributed by atoms with E-state index in [1.807, 2.05) is 35.2 Å². The van der Waals surface area contributed by atoms with Crippen molar-refractivity contribution in [2.24, 2.45) is 11.8 Å². The highest BCUT2D eigenvalue weighted by Gasteiger charge is 2.43. The standard InChI is InChI=1S/C22H21F3N4O/c23-22(24,25)15-6-8-20(26-10-15)29-11-14-5-7-18(16(14)12-29)28-21(30)19-9-13-3-1-2-4-17(13)27-19/h1-4,6,8-10,14,16,18,27H,5,7,11-12H2,(H,28,30)/t14-,16+,18+/m1/s1. The lowest BCUT2D eigenvalue weighted by molar-refractivity contribution is -0.137. The summed E-state index contributed by atoms with van der Waals surface area (Å²) in [6, 6.07) is 12.2. The van der Waals surface area contributed by atoms with Crippen LogP contribution in [0.1, 0.15) is 28.9 Å². The van der Waals surface area contributed by atoms with Gasteiger partial charge in [-0.05, 0) is 43.0 Å². The second kappa shape index (κ2) is 7.04. The van der Waals surface area contributed by atoms with E-state index in [4.69, 9.17) is 0 Å². The van der Waals surface area contributed by atoms with Crippen LogP contribution in [0.25, 0.3) is 10.9 Å². The number of carbonyl (C=O) groups excluding carboxylic acids is 1. The first kappa shape index (κ1) is 19.0. The maximum absolute atomic E-state index is 12.8. The number of carbonyl (C=O) groups is 1. The van der Waals surface area contributed by atoms with Crippen LogP contribution in [0.15, 0.2) is 48.7 Å².